The Labute approximate surface area is 197 Å². The Bertz CT molecular complexity index is 1150. The number of Topliss-reactive ketones (excluding diaryl/α,β-unsaturated/α-hetero) is 1. The van der Waals surface area contributed by atoms with Gasteiger partial charge in [-0.1, -0.05) is 0 Å². The highest BCUT2D eigenvalue weighted by atomic mass is 16.7. The normalized spacial score (nSPS) is 30.5. The maximum atomic E-state index is 12.8. The molecule has 1 saturated heterocycles. The van der Waals surface area contributed by atoms with Crippen LogP contribution < -0.4 is 9.47 Å². The minimum Gasteiger partial charge on any atom is -0.507 e. The smallest absolute Gasteiger partial charge is 0.229 e. The van der Waals surface area contributed by atoms with Gasteiger partial charge < -0.3 is 60.2 Å². The van der Waals surface area contributed by atoms with Crippen LogP contribution in [0.3, 0.4) is 0 Å². The van der Waals surface area contributed by atoms with Crippen molar-refractivity contribution < 1.29 is 65.0 Å². The first-order valence-electron chi connectivity index (χ1n) is 10.4. The van der Waals surface area contributed by atoms with E-state index in [1.807, 2.05) is 0 Å². The standard InChI is InChI=1S/C22H24O13/c1-6-8(24)4-10-13(14(6)26)17(29)19(31)21(33-10)7-2-9(25)15(27)11(3-7)34-22-20(32)18(30)16(28)12(5-23)35-22/h2-4,12,16,18-28,30-32H,5H2,1H3. The molecule has 0 amide bonds. The van der Waals surface area contributed by atoms with Gasteiger partial charge in [0.2, 0.25) is 17.8 Å². The number of benzene rings is 2. The summed E-state index contributed by atoms with van der Waals surface area (Å²) in [5, 5.41) is 90.6. The summed E-state index contributed by atoms with van der Waals surface area (Å²) in [5.74, 6) is -4.23. The molecule has 35 heavy (non-hydrogen) atoms. The Hall–Kier alpha value is -3.33. The topological polar surface area (TPSA) is 227 Å². The van der Waals surface area contributed by atoms with Crippen molar-refractivity contribution >= 4 is 5.78 Å². The maximum absolute atomic E-state index is 12.8. The van der Waals surface area contributed by atoms with E-state index in [0.29, 0.717) is 0 Å². The van der Waals surface area contributed by atoms with Gasteiger partial charge in [-0.2, -0.15) is 0 Å². The number of hydrogen-bond acceptors (Lipinski definition) is 13. The SMILES string of the molecule is Cc1c(O)cc2c(c1O)C(=O)C(O)C(c1cc(O)c(O)c(OC3OC(CO)C(O)C(O)C3O)c1)O2. The Morgan fingerprint density at radius 2 is 1.60 bits per heavy atom. The third-order valence-corrected chi connectivity index (χ3v) is 6.04. The second kappa shape index (κ2) is 9.03. The molecule has 0 radical (unpaired) electrons. The van der Waals surface area contributed by atoms with E-state index in [-0.39, 0.29) is 28.2 Å². The molecule has 2 aromatic rings. The summed E-state index contributed by atoms with van der Waals surface area (Å²) in [6, 6.07) is 3.10. The predicted octanol–water partition coefficient (Wildman–Crippen LogP) is -1.33. The van der Waals surface area contributed by atoms with E-state index >= 15 is 0 Å². The number of fused-ring (bicyclic) bond motifs is 1. The van der Waals surface area contributed by atoms with E-state index in [2.05, 4.69) is 0 Å². The molecule has 0 bridgehead atoms. The van der Waals surface area contributed by atoms with Gasteiger partial charge in [0.15, 0.2) is 23.7 Å². The summed E-state index contributed by atoms with van der Waals surface area (Å²) in [6.45, 7) is 0.627. The number of hydrogen-bond donors (Lipinski definition) is 9. The average Bonchev–Trinajstić information content (AvgIpc) is 2.82. The highest BCUT2D eigenvalue weighted by molar-refractivity contribution is 6.06. The van der Waals surface area contributed by atoms with E-state index in [1.165, 1.54) is 6.92 Å². The second-order valence-corrected chi connectivity index (χ2v) is 8.29. The van der Waals surface area contributed by atoms with Crippen LogP contribution in [0, 0.1) is 6.92 Å². The lowest BCUT2D eigenvalue weighted by Crippen LogP contribution is -2.60. The summed E-state index contributed by atoms with van der Waals surface area (Å²) >= 11 is 0. The summed E-state index contributed by atoms with van der Waals surface area (Å²) in [5.41, 5.74) is -0.431. The molecule has 7 atom stereocenters. The number of carbonyl (C=O) groups excluding carboxylic acids is 1. The number of ether oxygens (including phenoxy) is 3. The molecule has 1 fully saturated rings. The molecule has 2 heterocycles. The van der Waals surface area contributed by atoms with Crippen LogP contribution in [0.5, 0.6) is 34.5 Å². The minimum atomic E-state index is -1.87. The summed E-state index contributed by atoms with van der Waals surface area (Å²) in [6.07, 6.45) is -11.6. The lowest BCUT2D eigenvalue weighted by molar-refractivity contribution is -0.277. The van der Waals surface area contributed by atoms with E-state index in [4.69, 9.17) is 14.2 Å². The van der Waals surface area contributed by atoms with E-state index in [1.54, 1.807) is 0 Å². The van der Waals surface area contributed by atoms with Crippen molar-refractivity contribution in [3.05, 3.63) is 34.9 Å². The molecule has 0 aromatic heterocycles. The van der Waals surface area contributed by atoms with Crippen LogP contribution >= 0.6 is 0 Å². The van der Waals surface area contributed by atoms with Gasteiger partial charge in [-0.3, -0.25) is 4.79 Å². The van der Waals surface area contributed by atoms with Crippen LogP contribution in [0.4, 0.5) is 0 Å². The fourth-order valence-electron chi connectivity index (χ4n) is 3.96. The molecule has 0 spiro atoms. The van der Waals surface area contributed by atoms with Crippen molar-refractivity contribution in [2.24, 2.45) is 0 Å². The van der Waals surface area contributed by atoms with E-state index in [9.17, 15) is 50.8 Å². The molecular formula is C22H24O13. The highest BCUT2D eigenvalue weighted by Crippen LogP contribution is 2.46. The number of carbonyl (C=O) groups is 1. The number of ketones is 1. The van der Waals surface area contributed by atoms with Gasteiger partial charge in [0, 0.05) is 17.2 Å². The van der Waals surface area contributed by atoms with Crippen LogP contribution in [0.2, 0.25) is 0 Å². The predicted molar refractivity (Wildman–Crippen MR) is 112 cm³/mol. The third-order valence-electron chi connectivity index (χ3n) is 6.04. The summed E-state index contributed by atoms with van der Waals surface area (Å²) in [7, 11) is 0. The molecule has 190 valence electrons. The number of aliphatic hydroxyl groups excluding tert-OH is 5. The van der Waals surface area contributed by atoms with Crippen LogP contribution in [0.1, 0.15) is 27.6 Å². The van der Waals surface area contributed by atoms with Gasteiger partial charge in [0.25, 0.3) is 0 Å². The zero-order chi connectivity index (χ0) is 25.8. The van der Waals surface area contributed by atoms with Gasteiger partial charge in [-0.25, -0.2) is 0 Å². The van der Waals surface area contributed by atoms with Crippen molar-refractivity contribution in [3.8, 4) is 34.5 Å². The molecule has 7 unspecified atom stereocenters. The molecule has 2 aliphatic heterocycles. The van der Waals surface area contributed by atoms with Crippen LogP contribution in [0.25, 0.3) is 0 Å². The van der Waals surface area contributed by atoms with Gasteiger partial charge >= 0.3 is 0 Å². The third kappa shape index (κ3) is 4.07. The van der Waals surface area contributed by atoms with Crippen molar-refractivity contribution in [2.75, 3.05) is 6.61 Å². The largest absolute Gasteiger partial charge is 0.507 e. The first-order chi connectivity index (χ1) is 16.5. The monoisotopic (exact) mass is 496 g/mol. The molecule has 13 heteroatoms. The van der Waals surface area contributed by atoms with E-state index < -0.39 is 78.3 Å². The molecule has 0 aliphatic carbocycles. The van der Waals surface area contributed by atoms with Gasteiger partial charge in [-0.15, -0.1) is 0 Å². The lowest BCUT2D eigenvalue weighted by Gasteiger charge is -2.39. The Kier molecular flexibility index (Phi) is 6.40. The highest BCUT2D eigenvalue weighted by Gasteiger charge is 2.45. The zero-order valence-electron chi connectivity index (χ0n) is 18.1. The van der Waals surface area contributed by atoms with Gasteiger partial charge in [0.05, 0.1) is 6.61 Å². The van der Waals surface area contributed by atoms with Crippen LogP contribution in [-0.4, -0.2) is 95.2 Å². The molecule has 9 N–H and O–H groups in total. The quantitative estimate of drug-likeness (QED) is 0.224. The molecule has 0 saturated carbocycles. The van der Waals surface area contributed by atoms with Crippen molar-refractivity contribution in [2.45, 2.75) is 49.8 Å². The van der Waals surface area contributed by atoms with Crippen molar-refractivity contribution in [1.29, 1.82) is 0 Å². The Morgan fingerprint density at radius 1 is 0.914 bits per heavy atom. The molecule has 2 aliphatic rings. The Morgan fingerprint density at radius 3 is 2.26 bits per heavy atom. The minimum absolute atomic E-state index is 0.00356. The fourth-order valence-corrected chi connectivity index (χ4v) is 3.96. The summed E-state index contributed by atoms with van der Waals surface area (Å²) < 4.78 is 16.2. The number of rotatable bonds is 4. The molecule has 4 rings (SSSR count). The number of phenols is 4. The fraction of sp³-hybridized carbons (Fsp3) is 0.409. The van der Waals surface area contributed by atoms with Crippen LogP contribution in [-0.2, 0) is 4.74 Å². The maximum Gasteiger partial charge on any atom is 0.229 e. The number of aromatic hydroxyl groups is 4. The number of phenolic OH excluding ortho intramolecular Hbond substituents is 4. The lowest BCUT2D eigenvalue weighted by atomic mass is 9.91. The van der Waals surface area contributed by atoms with E-state index in [0.717, 1.165) is 18.2 Å². The molecule has 13 nitrogen and oxygen atoms in total. The Balaban J connectivity index is 1.69. The zero-order valence-corrected chi connectivity index (χ0v) is 18.1. The number of aliphatic hydroxyl groups is 5. The van der Waals surface area contributed by atoms with Crippen molar-refractivity contribution in [1.82, 2.24) is 0 Å². The average molecular weight is 496 g/mol. The van der Waals surface area contributed by atoms with Crippen molar-refractivity contribution in [3.63, 3.8) is 0 Å². The molecular weight excluding hydrogens is 472 g/mol. The van der Waals surface area contributed by atoms with Crippen LogP contribution in [0.15, 0.2) is 18.2 Å². The van der Waals surface area contributed by atoms with Gasteiger partial charge in [0.1, 0.15) is 47.2 Å². The first kappa shape index (κ1) is 24.8. The summed E-state index contributed by atoms with van der Waals surface area (Å²) in [4.78, 5) is 12.8. The second-order valence-electron chi connectivity index (χ2n) is 8.29. The first-order valence-corrected chi connectivity index (χ1v) is 10.4. The van der Waals surface area contributed by atoms with Gasteiger partial charge in [-0.05, 0) is 19.1 Å². The molecule has 2 aromatic carbocycles.